The van der Waals surface area contributed by atoms with Crippen molar-refractivity contribution in [3.8, 4) is 0 Å². The lowest BCUT2D eigenvalue weighted by Gasteiger charge is -2.35. The molecule has 1 amide bonds. The molecule has 0 radical (unpaired) electrons. The van der Waals surface area contributed by atoms with E-state index in [1.807, 2.05) is 30.0 Å². The number of aromatic nitrogens is 1. The molecule has 0 bridgehead atoms. The zero-order valence-electron chi connectivity index (χ0n) is 14.4. The molecule has 2 aromatic rings. The summed E-state index contributed by atoms with van der Waals surface area (Å²) in [6.45, 7) is 4.96. The van der Waals surface area contributed by atoms with E-state index in [9.17, 15) is 9.18 Å². The van der Waals surface area contributed by atoms with Crippen LogP contribution >= 0.6 is 0 Å². The molecule has 1 fully saturated rings. The number of nitrogens with zero attached hydrogens (tertiary/aromatic N) is 3. The normalized spacial score (nSPS) is 15.9. The molecule has 5 nitrogen and oxygen atoms in total. The van der Waals surface area contributed by atoms with E-state index < -0.39 is 0 Å². The van der Waals surface area contributed by atoms with Gasteiger partial charge in [-0.3, -0.25) is 4.79 Å². The number of hydrogen-bond acceptors (Lipinski definition) is 4. The number of pyridine rings is 1. The molecule has 2 heterocycles. The van der Waals surface area contributed by atoms with Crippen molar-refractivity contribution in [3.05, 3.63) is 60.0 Å². The van der Waals surface area contributed by atoms with E-state index in [1.54, 1.807) is 24.4 Å². The molecule has 1 N–H and O–H groups in total. The van der Waals surface area contributed by atoms with Gasteiger partial charge in [0.2, 0.25) is 5.91 Å². The van der Waals surface area contributed by atoms with Gasteiger partial charge in [0, 0.05) is 44.0 Å². The Morgan fingerprint density at radius 1 is 1.16 bits per heavy atom. The van der Waals surface area contributed by atoms with Crippen molar-refractivity contribution in [3.63, 3.8) is 0 Å². The lowest BCUT2D eigenvalue weighted by molar-refractivity contribution is -0.130. The first-order chi connectivity index (χ1) is 12.1. The summed E-state index contributed by atoms with van der Waals surface area (Å²) in [4.78, 5) is 20.8. The van der Waals surface area contributed by atoms with Crippen LogP contribution in [0.15, 0.2) is 48.7 Å². The van der Waals surface area contributed by atoms with Crippen LogP contribution in [-0.4, -0.2) is 48.5 Å². The van der Waals surface area contributed by atoms with Gasteiger partial charge in [-0.15, -0.1) is 0 Å². The van der Waals surface area contributed by atoms with E-state index in [0.29, 0.717) is 18.7 Å². The van der Waals surface area contributed by atoms with Gasteiger partial charge >= 0.3 is 0 Å². The van der Waals surface area contributed by atoms with Gasteiger partial charge in [-0.1, -0.05) is 24.3 Å². The zero-order chi connectivity index (χ0) is 17.6. The molecule has 3 rings (SSSR count). The summed E-state index contributed by atoms with van der Waals surface area (Å²) in [6, 6.07) is 12.3. The highest BCUT2D eigenvalue weighted by Crippen LogP contribution is 2.16. The number of halogens is 1. The number of anilines is 1. The summed E-state index contributed by atoms with van der Waals surface area (Å²) in [5.74, 6) is 0.740. The van der Waals surface area contributed by atoms with Crippen molar-refractivity contribution >= 4 is 11.7 Å². The van der Waals surface area contributed by atoms with Crippen LogP contribution in [0.2, 0.25) is 0 Å². The summed E-state index contributed by atoms with van der Waals surface area (Å²) < 4.78 is 13.8. The van der Waals surface area contributed by atoms with Gasteiger partial charge in [0.05, 0.1) is 6.54 Å². The maximum absolute atomic E-state index is 13.8. The molecule has 0 aliphatic carbocycles. The van der Waals surface area contributed by atoms with Gasteiger partial charge in [-0.25, -0.2) is 9.37 Å². The van der Waals surface area contributed by atoms with E-state index in [4.69, 9.17) is 0 Å². The highest BCUT2D eigenvalue weighted by Gasteiger charge is 2.22. The number of amides is 1. The molecule has 132 valence electrons. The predicted molar refractivity (Wildman–Crippen MR) is 95.8 cm³/mol. The third-order valence-corrected chi connectivity index (χ3v) is 4.54. The Morgan fingerprint density at radius 2 is 1.88 bits per heavy atom. The summed E-state index contributed by atoms with van der Waals surface area (Å²) >= 11 is 0. The standard InChI is InChI=1S/C19H23FN4O/c1-15(16-6-2-3-7-17(16)20)22-14-19(25)24-12-10-23(11-13-24)18-8-4-5-9-21-18/h2-9,15,22H,10-14H2,1H3. The minimum atomic E-state index is -0.251. The van der Waals surface area contributed by atoms with E-state index in [-0.39, 0.29) is 24.3 Å². The highest BCUT2D eigenvalue weighted by molar-refractivity contribution is 5.78. The zero-order valence-corrected chi connectivity index (χ0v) is 14.4. The molecule has 1 aromatic carbocycles. The average molecular weight is 342 g/mol. The summed E-state index contributed by atoms with van der Waals surface area (Å²) in [7, 11) is 0. The van der Waals surface area contributed by atoms with Crippen molar-refractivity contribution in [2.75, 3.05) is 37.6 Å². The molecule has 1 saturated heterocycles. The van der Waals surface area contributed by atoms with Gasteiger partial charge < -0.3 is 15.1 Å². The number of carbonyl (C=O) groups excluding carboxylic acids is 1. The summed E-state index contributed by atoms with van der Waals surface area (Å²) in [5.41, 5.74) is 0.579. The second kappa shape index (κ2) is 8.07. The molecule has 1 atom stereocenters. The average Bonchev–Trinajstić information content (AvgIpc) is 2.67. The Hall–Kier alpha value is -2.47. The number of rotatable bonds is 5. The van der Waals surface area contributed by atoms with Crippen LogP contribution in [0.25, 0.3) is 0 Å². The predicted octanol–water partition coefficient (Wildman–Crippen LogP) is 2.22. The largest absolute Gasteiger partial charge is 0.353 e. The monoisotopic (exact) mass is 342 g/mol. The van der Waals surface area contributed by atoms with Crippen molar-refractivity contribution in [2.45, 2.75) is 13.0 Å². The van der Waals surface area contributed by atoms with Crippen LogP contribution in [-0.2, 0) is 4.79 Å². The van der Waals surface area contributed by atoms with Crippen molar-refractivity contribution in [2.24, 2.45) is 0 Å². The first kappa shape index (κ1) is 17.4. The number of hydrogen-bond donors (Lipinski definition) is 1. The van der Waals surface area contributed by atoms with Crippen LogP contribution < -0.4 is 10.2 Å². The Labute approximate surface area is 147 Å². The molecular weight excluding hydrogens is 319 g/mol. The fourth-order valence-corrected chi connectivity index (χ4v) is 3.01. The minimum Gasteiger partial charge on any atom is -0.353 e. The molecule has 6 heteroatoms. The van der Waals surface area contributed by atoms with E-state index in [2.05, 4.69) is 15.2 Å². The molecule has 0 saturated carbocycles. The molecule has 25 heavy (non-hydrogen) atoms. The fraction of sp³-hybridized carbons (Fsp3) is 0.368. The lowest BCUT2D eigenvalue weighted by atomic mass is 10.1. The first-order valence-electron chi connectivity index (χ1n) is 8.56. The molecule has 1 aromatic heterocycles. The van der Waals surface area contributed by atoms with Gasteiger partial charge in [-0.05, 0) is 25.1 Å². The number of benzene rings is 1. The van der Waals surface area contributed by atoms with Crippen LogP contribution in [0.5, 0.6) is 0 Å². The second-order valence-electron chi connectivity index (χ2n) is 6.18. The Bertz CT molecular complexity index is 702. The fourth-order valence-electron chi connectivity index (χ4n) is 3.01. The maximum atomic E-state index is 13.8. The topological polar surface area (TPSA) is 48.5 Å². The van der Waals surface area contributed by atoms with Crippen molar-refractivity contribution < 1.29 is 9.18 Å². The Balaban J connectivity index is 1.47. The van der Waals surface area contributed by atoms with Gasteiger partial charge in [0.15, 0.2) is 0 Å². The lowest BCUT2D eigenvalue weighted by Crippen LogP contribution is -2.51. The van der Waals surface area contributed by atoms with Crippen LogP contribution in [0.1, 0.15) is 18.5 Å². The summed E-state index contributed by atoms with van der Waals surface area (Å²) in [6.07, 6.45) is 1.78. The smallest absolute Gasteiger partial charge is 0.236 e. The van der Waals surface area contributed by atoms with Crippen molar-refractivity contribution in [1.29, 1.82) is 0 Å². The molecule has 0 spiro atoms. The van der Waals surface area contributed by atoms with Crippen molar-refractivity contribution in [1.82, 2.24) is 15.2 Å². The molecular formula is C19H23FN4O. The number of carbonyl (C=O) groups is 1. The minimum absolute atomic E-state index is 0.0452. The number of nitrogens with one attached hydrogen (secondary N) is 1. The van der Waals surface area contributed by atoms with E-state index in [0.717, 1.165) is 18.9 Å². The quantitative estimate of drug-likeness (QED) is 0.905. The maximum Gasteiger partial charge on any atom is 0.236 e. The third-order valence-electron chi connectivity index (χ3n) is 4.54. The molecule has 1 aliphatic rings. The van der Waals surface area contributed by atoms with Gasteiger partial charge in [0.1, 0.15) is 11.6 Å². The van der Waals surface area contributed by atoms with E-state index >= 15 is 0 Å². The number of piperazine rings is 1. The first-order valence-corrected chi connectivity index (χ1v) is 8.56. The highest BCUT2D eigenvalue weighted by atomic mass is 19.1. The van der Waals surface area contributed by atoms with Crippen LogP contribution in [0.4, 0.5) is 10.2 Å². The Morgan fingerprint density at radius 3 is 2.56 bits per heavy atom. The molecule has 1 unspecified atom stereocenters. The Kier molecular flexibility index (Phi) is 5.60. The second-order valence-corrected chi connectivity index (χ2v) is 6.18. The SMILES string of the molecule is CC(NCC(=O)N1CCN(c2ccccn2)CC1)c1ccccc1F. The van der Waals surface area contributed by atoms with E-state index in [1.165, 1.54) is 6.07 Å². The van der Waals surface area contributed by atoms with Crippen LogP contribution in [0, 0.1) is 5.82 Å². The molecule has 1 aliphatic heterocycles. The third kappa shape index (κ3) is 4.33. The van der Waals surface area contributed by atoms with Gasteiger partial charge in [0.25, 0.3) is 0 Å². The summed E-state index contributed by atoms with van der Waals surface area (Å²) in [5, 5.41) is 3.12. The van der Waals surface area contributed by atoms with Gasteiger partial charge in [-0.2, -0.15) is 0 Å². The van der Waals surface area contributed by atoms with Crippen LogP contribution in [0.3, 0.4) is 0 Å².